The third-order valence-corrected chi connectivity index (χ3v) is 5.26. The summed E-state index contributed by atoms with van der Waals surface area (Å²) in [5.41, 5.74) is 1.99. The number of ether oxygens (including phenoxy) is 1. The average molecular weight is 352 g/mol. The van der Waals surface area contributed by atoms with Crippen molar-refractivity contribution in [1.82, 2.24) is 10.0 Å². The van der Waals surface area contributed by atoms with Crippen molar-refractivity contribution >= 4 is 27.3 Å². The van der Waals surface area contributed by atoms with Crippen LogP contribution < -0.4 is 14.8 Å². The number of carbonyl (C=O) groups is 1. The second kappa shape index (κ2) is 6.31. The predicted molar refractivity (Wildman–Crippen MR) is 89.3 cm³/mol. The summed E-state index contributed by atoms with van der Waals surface area (Å²) in [7, 11) is -3.24. The molecule has 1 aromatic carbocycles. The third kappa shape index (κ3) is 3.72. The fourth-order valence-corrected chi connectivity index (χ4v) is 3.90. The van der Waals surface area contributed by atoms with Gasteiger partial charge in [-0.1, -0.05) is 12.1 Å². The highest BCUT2D eigenvalue weighted by Crippen LogP contribution is 2.42. The monoisotopic (exact) mass is 352 g/mol. The van der Waals surface area contributed by atoms with Crippen LogP contribution in [0, 0.1) is 0 Å². The molecule has 0 saturated carbocycles. The molecule has 1 aromatic heterocycles. The van der Waals surface area contributed by atoms with Gasteiger partial charge < -0.3 is 10.1 Å². The number of carbonyl (C=O) groups excluding carboxylic acids is 1. The van der Waals surface area contributed by atoms with E-state index in [1.807, 2.05) is 30.3 Å². The molecule has 0 fully saturated rings. The van der Waals surface area contributed by atoms with E-state index in [1.54, 1.807) is 0 Å². The molecule has 0 spiro atoms. The molecule has 8 heteroatoms. The molecule has 122 valence electrons. The van der Waals surface area contributed by atoms with E-state index in [2.05, 4.69) is 10.0 Å². The van der Waals surface area contributed by atoms with Crippen LogP contribution in [0.15, 0.2) is 30.3 Å². The maximum absolute atomic E-state index is 12.2. The Balaban J connectivity index is 1.69. The van der Waals surface area contributed by atoms with Crippen LogP contribution in [0.5, 0.6) is 5.75 Å². The van der Waals surface area contributed by atoms with Crippen molar-refractivity contribution in [2.24, 2.45) is 0 Å². The number of fused-ring (bicyclic) bond motifs is 3. The first-order valence-corrected chi connectivity index (χ1v) is 9.72. The van der Waals surface area contributed by atoms with Crippen LogP contribution in [0.3, 0.4) is 0 Å². The van der Waals surface area contributed by atoms with Crippen molar-refractivity contribution in [1.29, 1.82) is 0 Å². The summed E-state index contributed by atoms with van der Waals surface area (Å²) in [6, 6.07) is 9.57. The summed E-state index contributed by atoms with van der Waals surface area (Å²) in [5, 5.41) is 2.71. The lowest BCUT2D eigenvalue weighted by atomic mass is 10.1. The summed E-state index contributed by atoms with van der Waals surface area (Å²) >= 11 is 1.42. The third-order valence-electron chi connectivity index (χ3n) is 3.32. The molecule has 2 N–H and O–H groups in total. The minimum absolute atomic E-state index is 0.168. The van der Waals surface area contributed by atoms with E-state index in [1.165, 1.54) is 11.3 Å². The number of hydrogen-bond donors (Lipinski definition) is 2. The molecule has 0 radical (unpaired) electrons. The lowest BCUT2D eigenvalue weighted by Crippen LogP contribution is -2.33. The fraction of sp³-hybridized carbons (Fsp3) is 0.267. The molecule has 3 rings (SSSR count). The highest BCUT2D eigenvalue weighted by molar-refractivity contribution is 7.88. The maximum atomic E-state index is 12.2. The number of para-hydroxylation sites is 1. The van der Waals surface area contributed by atoms with Crippen molar-refractivity contribution < 1.29 is 17.9 Å². The first kappa shape index (κ1) is 16.0. The Morgan fingerprint density at radius 2 is 2.09 bits per heavy atom. The van der Waals surface area contributed by atoms with Gasteiger partial charge in [0.05, 0.1) is 11.1 Å². The quantitative estimate of drug-likeness (QED) is 0.801. The Hall–Kier alpha value is -1.90. The van der Waals surface area contributed by atoms with E-state index in [-0.39, 0.29) is 19.0 Å². The number of sulfonamides is 1. The van der Waals surface area contributed by atoms with Gasteiger partial charge in [-0.3, -0.25) is 4.79 Å². The molecule has 1 amide bonds. The van der Waals surface area contributed by atoms with Gasteiger partial charge in [-0.15, -0.1) is 11.3 Å². The zero-order chi connectivity index (χ0) is 16.4. The van der Waals surface area contributed by atoms with E-state index in [4.69, 9.17) is 4.74 Å². The average Bonchev–Trinajstić information content (AvgIpc) is 2.95. The summed E-state index contributed by atoms with van der Waals surface area (Å²) in [4.78, 5) is 13.8. The van der Waals surface area contributed by atoms with Gasteiger partial charge in [-0.2, -0.15) is 0 Å². The molecule has 1 aliphatic rings. The van der Waals surface area contributed by atoms with Gasteiger partial charge in [0, 0.05) is 29.1 Å². The second-order valence-corrected chi connectivity index (χ2v) is 8.06. The number of rotatable bonds is 5. The molecule has 0 bridgehead atoms. The SMILES string of the molecule is CS(=O)(=O)NCCNC(=O)c1cc2c(s1)-c1ccccc1OC2. The predicted octanol–water partition coefficient (Wildman–Crippen LogP) is 1.59. The van der Waals surface area contributed by atoms with E-state index < -0.39 is 10.0 Å². The fourth-order valence-electron chi connectivity index (χ4n) is 2.31. The molecule has 23 heavy (non-hydrogen) atoms. The molecule has 0 aliphatic carbocycles. The summed E-state index contributed by atoms with van der Waals surface area (Å²) in [6.07, 6.45) is 1.08. The van der Waals surface area contributed by atoms with Crippen molar-refractivity contribution in [2.75, 3.05) is 19.3 Å². The molecule has 2 aromatic rings. The van der Waals surface area contributed by atoms with E-state index in [0.29, 0.717) is 11.5 Å². The van der Waals surface area contributed by atoms with E-state index >= 15 is 0 Å². The Bertz CT molecular complexity index is 843. The zero-order valence-corrected chi connectivity index (χ0v) is 14.1. The van der Waals surface area contributed by atoms with E-state index in [9.17, 15) is 13.2 Å². The topological polar surface area (TPSA) is 84.5 Å². The van der Waals surface area contributed by atoms with Crippen LogP contribution in [0.25, 0.3) is 10.4 Å². The Kier molecular flexibility index (Phi) is 4.38. The highest BCUT2D eigenvalue weighted by atomic mass is 32.2. The van der Waals surface area contributed by atoms with E-state index in [0.717, 1.165) is 28.0 Å². The van der Waals surface area contributed by atoms with Crippen LogP contribution in [0.4, 0.5) is 0 Å². The van der Waals surface area contributed by atoms with Crippen molar-refractivity contribution in [3.8, 4) is 16.2 Å². The molecule has 1 aliphatic heterocycles. The lowest BCUT2D eigenvalue weighted by molar-refractivity contribution is 0.0958. The normalized spacial score (nSPS) is 12.9. The first-order chi connectivity index (χ1) is 10.9. The summed E-state index contributed by atoms with van der Waals surface area (Å²) < 4.78 is 29.9. The Morgan fingerprint density at radius 3 is 2.87 bits per heavy atom. The summed E-state index contributed by atoms with van der Waals surface area (Å²) in [5.74, 6) is 0.614. The van der Waals surface area contributed by atoms with Crippen molar-refractivity contribution in [3.05, 3.63) is 40.8 Å². The number of nitrogens with one attached hydrogen (secondary N) is 2. The van der Waals surface area contributed by atoms with Crippen LogP contribution in [-0.2, 0) is 16.6 Å². The highest BCUT2D eigenvalue weighted by Gasteiger charge is 2.22. The maximum Gasteiger partial charge on any atom is 0.261 e. The van der Waals surface area contributed by atoms with Crippen LogP contribution in [0.2, 0.25) is 0 Å². The summed E-state index contributed by atoms with van der Waals surface area (Å²) in [6.45, 7) is 0.856. The standard InChI is InChI=1S/C15H16N2O4S2/c1-23(19,20)17-7-6-16-15(18)13-8-10-9-21-12-5-3-2-4-11(12)14(10)22-13/h2-5,8,17H,6-7,9H2,1H3,(H,16,18). The number of amides is 1. The Labute approximate surface area is 138 Å². The van der Waals surface area contributed by atoms with Gasteiger partial charge in [-0.05, 0) is 18.2 Å². The number of benzene rings is 1. The zero-order valence-electron chi connectivity index (χ0n) is 12.5. The molecular weight excluding hydrogens is 336 g/mol. The van der Waals surface area contributed by atoms with Gasteiger partial charge in [0.15, 0.2) is 0 Å². The number of thiophene rings is 1. The van der Waals surface area contributed by atoms with Gasteiger partial charge in [-0.25, -0.2) is 13.1 Å². The first-order valence-electron chi connectivity index (χ1n) is 7.02. The molecule has 0 unspecified atom stereocenters. The molecule has 2 heterocycles. The molecular formula is C15H16N2O4S2. The van der Waals surface area contributed by atoms with Gasteiger partial charge >= 0.3 is 0 Å². The minimum atomic E-state index is -3.24. The minimum Gasteiger partial charge on any atom is -0.488 e. The van der Waals surface area contributed by atoms with Crippen LogP contribution in [0.1, 0.15) is 15.2 Å². The van der Waals surface area contributed by atoms with Gasteiger partial charge in [0.2, 0.25) is 10.0 Å². The smallest absolute Gasteiger partial charge is 0.261 e. The molecule has 0 saturated heterocycles. The van der Waals surface area contributed by atoms with Crippen LogP contribution >= 0.6 is 11.3 Å². The molecule has 6 nitrogen and oxygen atoms in total. The Morgan fingerprint density at radius 1 is 1.30 bits per heavy atom. The van der Waals surface area contributed by atoms with Crippen molar-refractivity contribution in [3.63, 3.8) is 0 Å². The number of hydrogen-bond acceptors (Lipinski definition) is 5. The largest absolute Gasteiger partial charge is 0.488 e. The second-order valence-electron chi connectivity index (χ2n) is 5.17. The van der Waals surface area contributed by atoms with Crippen molar-refractivity contribution in [2.45, 2.75) is 6.61 Å². The van der Waals surface area contributed by atoms with Gasteiger partial charge in [0.25, 0.3) is 5.91 Å². The molecule has 0 atom stereocenters. The van der Waals surface area contributed by atoms with Gasteiger partial charge in [0.1, 0.15) is 12.4 Å². The lowest BCUT2D eigenvalue weighted by Gasteiger charge is -2.16. The van der Waals surface area contributed by atoms with Crippen LogP contribution in [-0.4, -0.2) is 33.7 Å².